The van der Waals surface area contributed by atoms with E-state index in [2.05, 4.69) is 0 Å². The Morgan fingerprint density at radius 2 is 1.83 bits per heavy atom. The van der Waals surface area contributed by atoms with Gasteiger partial charge in [-0.1, -0.05) is 29.8 Å². The number of hydrogen-bond acceptors (Lipinski definition) is 4. The predicted octanol–water partition coefficient (Wildman–Crippen LogP) is 3.05. The van der Waals surface area contributed by atoms with Gasteiger partial charge in [-0.3, -0.25) is 0 Å². The number of esters is 1. The van der Waals surface area contributed by atoms with E-state index in [0.717, 1.165) is 11.1 Å². The molecule has 1 heterocycles. The molecule has 4 nitrogen and oxygen atoms in total. The number of carbonyl (C=O) groups is 1. The second kappa shape index (κ2) is 4.96. The first-order valence-electron chi connectivity index (χ1n) is 5.48. The van der Waals surface area contributed by atoms with Gasteiger partial charge in [0, 0.05) is 5.56 Å². The molecular formula is C14H14O4. The van der Waals surface area contributed by atoms with Crippen molar-refractivity contribution in [2.45, 2.75) is 6.92 Å². The maximum absolute atomic E-state index is 11.8. The van der Waals surface area contributed by atoms with Crippen LogP contribution in [0.1, 0.15) is 15.9 Å². The highest BCUT2D eigenvalue weighted by molar-refractivity contribution is 5.99. The standard InChI is InChI=1S/C14H14O4/c1-9-4-6-10(7-5-9)11-8-18-14(17-3)12(11)13(15)16-2/h4-8H,1-3H3. The monoisotopic (exact) mass is 246 g/mol. The molecule has 0 unspecified atom stereocenters. The third-order valence-electron chi connectivity index (χ3n) is 2.69. The van der Waals surface area contributed by atoms with Crippen molar-refractivity contribution in [3.63, 3.8) is 0 Å². The van der Waals surface area contributed by atoms with Crippen LogP contribution in [0.4, 0.5) is 0 Å². The third-order valence-corrected chi connectivity index (χ3v) is 2.69. The molecule has 0 fully saturated rings. The summed E-state index contributed by atoms with van der Waals surface area (Å²) in [7, 11) is 2.78. The Kier molecular flexibility index (Phi) is 3.37. The summed E-state index contributed by atoms with van der Waals surface area (Å²) in [6.07, 6.45) is 1.50. The van der Waals surface area contributed by atoms with Crippen LogP contribution in [0.25, 0.3) is 11.1 Å². The minimum atomic E-state index is -0.476. The zero-order valence-corrected chi connectivity index (χ0v) is 10.5. The Labute approximate surface area is 105 Å². The van der Waals surface area contributed by atoms with E-state index >= 15 is 0 Å². The number of methoxy groups -OCH3 is 2. The van der Waals surface area contributed by atoms with Gasteiger partial charge in [-0.05, 0) is 12.5 Å². The first-order valence-corrected chi connectivity index (χ1v) is 5.48. The van der Waals surface area contributed by atoms with Gasteiger partial charge in [0.1, 0.15) is 6.26 Å². The van der Waals surface area contributed by atoms with Gasteiger partial charge in [0.15, 0.2) is 5.56 Å². The Hall–Kier alpha value is -2.23. The molecule has 0 saturated carbocycles. The smallest absolute Gasteiger partial charge is 0.345 e. The molecule has 0 amide bonds. The Morgan fingerprint density at radius 1 is 1.17 bits per heavy atom. The number of ether oxygens (including phenoxy) is 2. The molecule has 0 radical (unpaired) electrons. The van der Waals surface area contributed by atoms with E-state index in [1.54, 1.807) is 0 Å². The van der Waals surface area contributed by atoms with Crippen LogP contribution in [0, 0.1) is 6.92 Å². The summed E-state index contributed by atoms with van der Waals surface area (Å²) < 4.78 is 15.0. The van der Waals surface area contributed by atoms with Crippen LogP contribution in [-0.4, -0.2) is 20.2 Å². The summed E-state index contributed by atoms with van der Waals surface area (Å²) in [5.74, 6) is -0.311. The van der Waals surface area contributed by atoms with Crippen LogP contribution >= 0.6 is 0 Å². The lowest BCUT2D eigenvalue weighted by Crippen LogP contribution is -2.03. The van der Waals surface area contributed by atoms with E-state index < -0.39 is 5.97 Å². The van der Waals surface area contributed by atoms with E-state index in [0.29, 0.717) is 11.1 Å². The van der Waals surface area contributed by atoms with Gasteiger partial charge in [-0.2, -0.15) is 0 Å². The molecular weight excluding hydrogens is 232 g/mol. The van der Waals surface area contributed by atoms with Crippen molar-refractivity contribution in [2.75, 3.05) is 14.2 Å². The fourth-order valence-corrected chi connectivity index (χ4v) is 1.73. The van der Waals surface area contributed by atoms with E-state index in [1.807, 2.05) is 31.2 Å². The summed E-state index contributed by atoms with van der Waals surface area (Å²) in [6, 6.07) is 7.78. The lowest BCUT2D eigenvalue weighted by Gasteiger charge is -2.03. The molecule has 2 rings (SSSR count). The van der Waals surface area contributed by atoms with Crippen molar-refractivity contribution in [1.29, 1.82) is 0 Å². The maximum atomic E-state index is 11.8. The normalized spacial score (nSPS) is 10.2. The third kappa shape index (κ3) is 2.09. The average Bonchev–Trinajstić information content (AvgIpc) is 2.82. The lowest BCUT2D eigenvalue weighted by molar-refractivity contribution is 0.0595. The number of benzene rings is 1. The van der Waals surface area contributed by atoms with Crippen molar-refractivity contribution in [3.05, 3.63) is 41.7 Å². The largest absolute Gasteiger partial charge is 0.468 e. The quantitative estimate of drug-likeness (QED) is 0.781. The molecule has 4 heteroatoms. The number of rotatable bonds is 3. The molecule has 94 valence electrons. The van der Waals surface area contributed by atoms with Gasteiger partial charge in [0.05, 0.1) is 14.2 Å². The summed E-state index contributed by atoms with van der Waals surface area (Å²) in [4.78, 5) is 11.8. The van der Waals surface area contributed by atoms with E-state index in [9.17, 15) is 4.79 Å². The molecule has 0 N–H and O–H groups in total. The van der Waals surface area contributed by atoms with Gasteiger partial charge in [-0.15, -0.1) is 0 Å². The first kappa shape index (κ1) is 12.2. The van der Waals surface area contributed by atoms with Crippen molar-refractivity contribution in [2.24, 2.45) is 0 Å². The van der Waals surface area contributed by atoms with E-state index in [1.165, 1.54) is 20.5 Å². The van der Waals surface area contributed by atoms with E-state index in [-0.39, 0.29) is 5.95 Å². The van der Waals surface area contributed by atoms with Crippen molar-refractivity contribution in [1.82, 2.24) is 0 Å². The summed E-state index contributed by atoms with van der Waals surface area (Å²) in [5, 5.41) is 0. The van der Waals surface area contributed by atoms with Crippen LogP contribution in [0.15, 0.2) is 34.9 Å². The molecule has 2 aromatic rings. The van der Waals surface area contributed by atoms with Crippen molar-refractivity contribution in [3.8, 4) is 17.1 Å². The van der Waals surface area contributed by atoms with Gasteiger partial charge in [-0.25, -0.2) is 4.79 Å². The summed E-state index contributed by atoms with van der Waals surface area (Å²) in [5.41, 5.74) is 3.00. The number of aryl methyl sites for hydroxylation is 1. The SMILES string of the molecule is COC(=O)c1c(-c2ccc(C)cc2)coc1OC. The van der Waals surface area contributed by atoms with E-state index in [4.69, 9.17) is 13.9 Å². The molecule has 0 aliphatic heterocycles. The fraction of sp³-hybridized carbons (Fsp3) is 0.214. The molecule has 0 spiro atoms. The molecule has 0 bridgehead atoms. The number of furan rings is 1. The highest BCUT2D eigenvalue weighted by Crippen LogP contribution is 2.33. The molecule has 1 aromatic carbocycles. The Balaban J connectivity index is 2.54. The van der Waals surface area contributed by atoms with Crippen LogP contribution < -0.4 is 4.74 Å². The summed E-state index contributed by atoms with van der Waals surface area (Å²) in [6.45, 7) is 2.00. The molecule has 18 heavy (non-hydrogen) atoms. The zero-order chi connectivity index (χ0) is 13.1. The van der Waals surface area contributed by atoms with Crippen LogP contribution in [-0.2, 0) is 4.74 Å². The van der Waals surface area contributed by atoms with Crippen molar-refractivity contribution < 1.29 is 18.7 Å². The molecule has 1 aromatic heterocycles. The zero-order valence-electron chi connectivity index (χ0n) is 10.5. The Bertz CT molecular complexity index is 552. The van der Waals surface area contributed by atoms with Gasteiger partial charge in [0.25, 0.3) is 5.95 Å². The maximum Gasteiger partial charge on any atom is 0.345 e. The molecule has 0 atom stereocenters. The average molecular weight is 246 g/mol. The van der Waals surface area contributed by atoms with Crippen LogP contribution in [0.3, 0.4) is 0 Å². The second-order valence-corrected chi connectivity index (χ2v) is 3.87. The summed E-state index contributed by atoms with van der Waals surface area (Å²) >= 11 is 0. The topological polar surface area (TPSA) is 48.7 Å². The number of carbonyl (C=O) groups excluding carboxylic acids is 1. The van der Waals surface area contributed by atoms with Gasteiger partial charge < -0.3 is 13.9 Å². The number of hydrogen-bond donors (Lipinski definition) is 0. The van der Waals surface area contributed by atoms with Gasteiger partial charge >= 0.3 is 5.97 Å². The molecule has 0 aliphatic carbocycles. The predicted molar refractivity (Wildman–Crippen MR) is 66.8 cm³/mol. The highest BCUT2D eigenvalue weighted by Gasteiger charge is 2.23. The fourth-order valence-electron chi connectivity index (χ4n) is 1.73. The van der Waals surface area contributed by atoms with Crippen LogP contribution in [0.2, 0.25) is 0 Å². The van der Waals surface area contributed by atoms with Crippen LogP contribution in [0.5, 0.6) is 5.95 Å². The van der Waals surface area contributed by atoms with Crippen molar-refractivity contribution >= 4 is 5.97 Å². The minimum Gasteiger partial charge on any atom is -0.468 e. The second-order valence-electron chi connectivity index (χ2n) is 3.87. The lowest BCUT2D eigenvalue weighted by atomic mass is 10.0. The molecule has 0 aliphatic rings. The minimum absolute atomic E-state index is 0.164. The highest BCUT2D eigenvalue weighted by atomic mass is 16.6. The first-order chi connectivity index (χ1) is 8.67. The van der Waals surface area contributed by atoms with Gasteiger partial charge in [0.2, 0.25) is 0 Å². The molecule has 0 saturated heterocycles. The Morgan fingerprint density at radius 3 is 2.39 bits per heavy atom.